The van der Waals surface area contributed by atoms with Crippen LogP contribution in [0.5, 0.6) is 5.75 Å². The van der Waals surface area contributed by atoms with Gasteiger partial charge in [0.1, 0.15) is 12.0 Å². The Kier molecular flexibility index (Phi) is 1.65. The van der Waals surface area contributed by atoms with Gasteiger partial charge in [-0.1, -0.05) is 12.1 Å². The van der Waals surface area contributed by atoms with Crippen molar-refractivity contribution in [3.63, 3.8) is 0 Å². The average molecular weight is 176 g/mol. The van der Waals surface area contributed by atoms with Crippen molar-refractivity contribution in [2.75, 3.05) is 0 Å². The van der Waals surface area contributed by atoms with Gasteiger partial charge in [0, 0.05) is 5.56 Å². The highest BCUT2D eigenvalue weighted by atomic mass is 16.3. The molecule has 1 saturated carbocycles. The van der Waals surface area contributed by atoms with E-state index in [0.29, 0.717) is 0 Å². The third-order valence-corrected chi connectivity index (χ3v) is 2.70. The number of aldehydes is 1. The fourth-order valence-corrected chi connectivity index (χ4v) is 1.65. The monoisotopic (exact) mass is 176 g/mol. The standard InChI is InChI=1S/C11H12O2/c1-8-2-3-9(10(13)6-8)11(7-12)4-5-11/h2-3,6-7,13H,4-5H2,1H3. The number of aromatic hydroxyl groups is 1. The van der Waals surface area contributed by atoms with E-state index in [1.165, 1.54) is 0 Å². The molecule has 0 saturated heterocycles. The largest absolute Gasteiger partial charge is 0.508 e. The van der Waals surface area contributed by atoms with Crippen LogP contribution in [0.1, 0.15) is 24.0 Å². The second-order valence-corrected chi connectivity index (χ2v) is 3.79. The molecule has 0 aliphatic heterocycles. The fraction of sp³-hybridized carbons (Fsp3) is 0.364. The number of phenols is 1. The lowest BCUT2D eigenvalue weighted by Gasteiger charge is -2.09. The van der Waals surface area contributed by atoms with Gasteiger partial charge in [-0.2, -0.15) is 0 Å². The zero-order chi connectivity index (χ0) is 9.47. The second-order valence-electron chi connectivity index (χ2n) is 3.79. The van der Waals surface area contributed by atoms with Crippen LogP contribution >= 0.6 is 0 Å². The van der Waals surface area contributed by atoms with Gasteiger partial charge in [0.2, 0.25) is 0 Å². The summed E-state index contributed by atoms with van der Waals surface area (Å²) in [4.78, 5) is 10.8. The van der Waals surface area contributed by atoms with Gasteiger partial charge in [-0.15, -0.1) is 0 Å². The molecule has 0 amide bonds. The zero-order valence-corrected chi connectivity index (χ0v) is 7.58. The minimum absolute atomic E-state index is 0.254. The fourth-order valence-electron chi connectivity index (χ4n) is 1.65. The van der Waals surface area contributed by atoms with Crippen LogP contribution in [0.15, 0.2) is 18.2 Å². The summed E-state index contributed by atoms with van der Waals surface area (Å²) in [5.74, 6) is 0.254. The Morgan fingerprint density at radius 3 is 2.62 bits per heavy atom. The number of hydrogen-bond acceptors (Lipinski definition) is 2. The first-order chi connectivity index (χ1) is 6.18. The molecule has 2 nitrogen and oxygen atoms in total. The van der Waals surface area contributed by atoms with Crippen molar-refractivity contribution >= 4 is 6.29 Å². The number of hydrogen-bond donors (Lipinski definition) is 1. The summed E-state index contributed by atoms with van der Waals surface area (Å²) in [6.07, 6.45) is 2.69. The zero-order valence-electron chi connectivity index (χ0n) is 7.58. The molecular formula is C11H12O2. The molecule has 0 aromatic heterocycles. The average Bonchev–Trinajstić information content (AvgIpc) is 2.85. The highest BCUT2D eigenvalue weighted by Crippen LogP contribution is 2.49. The van der Waals surface area contributed by atoms with Crippen LogP contribution in [0.4, 0.5) is 0 Å². The van der Waals surface area contributed by atoms with Gasteiger partial charge in [0.25, 0.3) is 0 Å². The molecule has 1 aromatic carbocycles. The van der Waals surface area contributed by atoms with Crippen molar-refractivity contribution in [2.45, 2.75) is 25.2 Å². The Labute approximate surface area is 77.2 Å². The molecule has 1 fully saturated rings. The van der Waals surface area contributed by atoms with Crippen molar-refractivity contribution < 1.29 is 9.90 Å². The van der Waals surface area contributed by atoms with E-state index in [0.717, 1.165) is 30.3 Å². The summed E-state index contributed by atoms with van der Waals surface area (Å²) >= 11 is 0. The lowest BCUT2D eigenvalue weighted by molar-refractivity contribution is -0.109. The molecule has 0 unspecified atom stereocenters. The summed E-state index contributed by atoms with van der Waals surface area (Å²) in [5, 5.41) is 9.64. The molecule has 0 radical (unpaired) electrons. The van der Waals surface area contributed by atoms with Crippen LogP contribution in [0.25, 0.3) is 0 Å². The first kappa shape index (κ1) is 8.30. The lowest BCUT2D eigenvalue weighted by Crippen LogP contribution is -2.07. The number of carbonyl (C=O) groups is 1. The molecule has 2 rings (SSSR count). The maximum atomic E-state index is 10.8. The van der Waals surface area contributed by atoms with Crippen molar-refractivity contribution in [2.24, 2.45) is 0 Å². The second kappa shape index (κ2) is 2.59. The molecule has 0 spiro atoms. The molecule has 0 atom stereocenters. The van der Waals surface area contributed by atoms with Gasteiger partial charge < -0.3 is 9.90 Å². The predicted octanol–water partition coefficient (Wildman–Crippen LogP) is 1.93. The molecular weight excluding hydrogens is 164 g/mol. The number of rotatable bonds is 2. The van der Waals surface area contributed by atoms with E-state index in [4.69, 9.17) is 0 Å². The van der Waals surface area contributed by atoms with Crippen molar-refractivity contribution in [3.05, 3.63) is 29.3 Å². The van der Waals surface area contributed by atoms with E-state index in [1.807, 2.05) is 19.1 Å². The van der Waals surface area contributed by atoms with Gasteiger partial charge in [-0.25, -0.2) is 0 Å². The van der Waals surface area contributed by atoms with E-state index in [-0.39, 0.29) is 11.2 Å². The normalized spacial score (nSPS) is 18.2. The molecule has 0 heterocycles. The summed E-state index contributed by atoms with van der Waals surface area (Å²) < 4.78 is 0. The third kappa shape index (κ3) is 1.22. The first-order valence-electron chi connectivity index (χ1n) is 4.44. The minimum Gasteiger partial charge on any atom is -0.508 e. The maximum absolute atomic E-state index is 10.8. The summed E-state index contributed by atoms with van der Waals surface area (Å²) in [6.45, 7) is 1.92. The minimum atomic E-state index is -0.363. The van der Waals surface area contributed by atoms with Gasteiger partial charge in [-0.3, -0.25) is 0 Å². The smallest absolute Gasteiger partial charge is 0.130 e. The van der Waals surface area contributed by atoms with Crippen LogP contribution in [-0.2, 0) is 10.2 Å². The van der Waals surface area contributed by atoms with Crippen LogP contribution in [-0.4, -0.2) is 11.4 Å². The van der Waals surface area contributed by atoms with Gasteiger partial charge in [0.05, 0.1) is 5.41 Å². The first-order valence-corrected chi connectivity index (χ1v) is 4.44. The maximum Gasteiger partial charge on any atom is 0.130 e. The summed E-state index contributed by atoms with van der Waals surface area (Å²) in [5.41, 5.74) is 1.44. The van der Waals surface area contributed by atoms with E-state index in [2.05, 4.69) is 0 Å². The van der Waals surface area contributed by atoms with E-state index in [9.17, 15) is 9.90 Å². The Bertz CT molecular complexity index is 351. The van der Waals surface area contributed by atoms with Crippen LogP contribution < -0.4 is 0 Å². The molecule has 1 aromatic rings. The molecule has 2 heteroatoms. The molecule has 1 aliphatic rings. The van der Waals surface area contributed by atoms with Crippen LogP contribution in [0.2, 0.25) is 0 Å². The van der Waals surface area contributed by atoms with Gasteiger partial charge in [0.15, 0.2) is 0 Å². The van der Waals surface area contributed by atoms with Crippen molar-refractivity contribution in [1.82, 2.24) is 0 Å². The molecule has 1 N–H and O–H groups in total. The quantitative estimate of drug-likeness (QED) is 0.699. The van der Waals surface area contributed by atoms with Gasteiger partial charge >= 0.3 is 0 Å². The number of aryl methyl sites for hydroxylation is 1. The Morgan fingerprint density at radius 1 is 1.46 bits per heavy atom. The molecule has 68 valence electrons. The highest BCUT2D eigenvalue weighted by molar-refractivity contribution is 5.74. The summed E-state index contributed by atoms with van der Waals surface area (Å²) in [7, 11) is 0. The topological polar surface area (TPSA) is 37.3 Å². The molecule has 0 bridgehead atoms. The number of carbonyl (C=O) groups excluding carboxylic acids is 1. The number of phenolic OH excluding ortho intramolecular Hbond substituents is 1. The highest BCUT2D eigenvalue weighted by Gasteiger charge is 2.45. The Balaban J connectivity index is 2.47. The number of benzene rings is 1. The van der Waals surface area contributed by atoms with E-state index in [1.54, 1.807) is 6.07 Å². The third-order valence-electron chi connectivity index (χ3n) is 2.70. The summed E-state index contributed by atoms with van der Waals surface area (Å²) in [6, 6.07) is 5.49. The van der Waals surface area contributed by atoms with Crippen LogP contribution in [0.3, 0.4) is 0 Å². The van der Waals surface area contributed by atoms with E-state index >= 15 is 0 Å². The lowest BCUT2D eigenvalue weighted by atomic mass is 9.96. The van der Waals surface area contributed by atoms with Crippen molar-refractivity contribution in [3.8, 4) is 5.75 Å². The van der Waals surface area contributed by atoms with E-state index < -0.39 is 0 Å². The Hall–Kier alpha value is -1.31. The SMILES string of the molecule is Cc1ccc(C2(C=O)CC2)c(O)c1. The van der Waals surface area contributed by atoms with Crippen molar-refractivity contribution in [1.29, 1.82) is 0 Å². The molecule has 1 aliphatic carbocycles. The van der Waals surface area contributed by atoms with Gasteiger partial charge in [-0.05, 0) is 31.4 Å². The predicted molar refractivity (Wildman–Crippen MR) is 49.8 cm³/mol. The Morgan fingerprint density at radius 2 is 2.15 bits per heavy atom. The van der Waals surface area contributed by atoms with Crippen LogP contribution in [0, 0.1) is 6.92 Å². The molecule has 13 heavy (non-hydrogen) atoms.